The largest absolute Gasteiger partial charge is 1.00 e. The van der Waals surface area contributed by atoms with E-state index in [0.29, 0.717) is 12.0 Å². The Balaban J connectivity index is 0.00000552. The Morgan fingerprint density at radius 2 is 1.84 bits per heavy atom. The number of aryl methyl sites for hydroxylation is 1. The van der Waals surface area contributed by atoms with Gasteiger partial charge in [-0.15, -0.1) is 0 Å². The van der Waals surface area contributed by atoms with E-state index in [9.17, 15) is 29.7 Å². The number of aliphatic hydroxyl groups excluding tert-OH is 1. The number of carbonyl (C=O) groups excluding carboxylic acids is 2. The van der Waals surface area contributed by atoms with Crippen LogP contribution in [-0.4, -0.2) is 64.6 Å². The van der Waals surface area contributed by atoms with Crippen LogP contribution in [0, 0.1) is 6.92 Å². The zero-order valence-corrected chi connectivity index (χ0v) is 28.2. The third-order valence-corrected chi connectivity index (χ3v) is 7.33. The topological polar surface area (TPSA) is 200 Å². The molecule has 4 atom stereocenters. The molecule has 0 aliphatic carbocycles. The van der Waals surface area contributed by atoms with Crippen LogP contribution in [-0.2, 0) is 20.6 Å². The number of rotatable bonds is 8. The number of anilines is 1. The number of carbonyl (C=O) groups is 2. The first-order valence-corrected chi connectivity index (χ1v) is 13.7. The molecule has 2 heterocycles. The number of amides is 2. The van der Waals surface area contributed by atoms with Crippen molar-refractivity contribution in [2.75, 3.05) is 12.4 Å². The molecule has 4 rings (SSSR count). The van der Waals surface area contributed by atoms with Crippen molar-refractivity contribution in [3.8, 4) is 17.2 Å². The Bertz CT molecular complexity index is 1680. The predicted octanol–water partition coefficient (Wildman–Crippen LogP) is 0.631. The quantitative estimate of drug-likeness (QED) is 0.132. The molecule has 236 valence electrons. The van der Waals surface area contributed by atoms with Gasteiger partial charge in [0.05, 0.1) is 11.0 Å². The first kappa shape index (κ1) is 35.9. The van der Waals surface area contributed by atoms with E-state index in [0.717, 1.165) is 5.57 Å². The summed E-state index contributed by atoms with van der Waals surface area (Å²) in [6.07, 6.45) is -3.81. The van der Waals surface area contributed by atoms with Gasteiger partial charge in [-0.1, -0.05) is 11.6 Å². The minimum Gasteiger partial charge on any atom is -0.508 e. The summed E-state index contributed by atoms with van der Waals surface area (Å²) in [6, 6.07) is 7.12. The van der Waals surface area contributed by atoms with Gasteiger partial charge in [0.2, 0.25) is 6.29 Å². The molecule has 3 aromatic rings. The third-order valence-electron chi connectivity index (χ3n) is 7.33. The molecule has 6 N–H and O–H groups in total. The van der Waals surface area contributed by atoms with Crippen LogP contribution in [0.2, 0.25) is 0 Å². The molecule has 0 saturated carbocycles. The molecule has 45 heavy (non-hydrogen) atoms. The summed E-state index contributed by atoms with van der Waals surface area (Å²) in [5.74, 6) is -1.09. The van der Waals surface area contributed by atoms with Crippen molar-refractivity contribution in [1.29, 1.82) is 0 Å². The molecule has 0 unspecified atom stereocenters. The Hall–Kier alpha value is -3.59. The second kappa shape index (κ2) is 14.2. The predicted molar refractivity (Wildman–Crippen MR) is 159 cm³/mol. The number of nitrogens with two attached hydrogens (primary N) is 1. The number of phenolic OH excluding ortho intramolecular Hbond substituents is 1. The fraction of sp³-hybridized carbons (Fsp3) is 0.387. The molecule has 0 spiro atoms. The van der Waals surface area contributed by atoms with Gasteiger partial charge in [-0.2, -0.15) is 0 Å². The van der Waals surface area contributed by atoms with Crippen molar-refractivity contribution in [3.05, 3.63) is 69.1 Å². The van der Waals surface area contributed by atoms with Crippen molar-refractivity contribution in [2.24, 2.45) is 5.73 Å². The van der Waals surface area contributed by atoms with E-state index in [2.05, 4.69) is 5.32 Å². The van der Waals surface area contributed by atoms with Gasteiger partial charge in [0.25, 0.3) is 5.91 Å². The van der Waals surface area contributed by atoms with Gasteiger partial charge >= 0.3 is 41.3 Å². The van der Waals surface area contributed by atoms with Gasteiger partial charge in [-0.25, -0.2) is 9.59 Å². The molecule has 0 bridgehead atoms. The Morgan fingerprint density at radius 1 is 1.16 bits per heavy atom. The molecule has 0 radical (unpaired) electrons. The minimum atomic E-state index is -1.52. The Morgan fingerprint density at radius 3 is 2.47 bits per heavy atom. The number of allylic oxidation sites excluding steroid dienone is 2. The normalized spacial score (nSPS) is 20.5. The van der Waals surface area contributed by atoms with E-state index in [1.165, 1.54) is 37.4 Å². The molecule has 1 fully saturated rings. The Kier molecular flexibility index (Phi) is 11.3. The first-order chi connectivity index (χ1) is 20.6. The average molecular weight is 636 g/mol. The maximum Gasteiger partial charge on any atom is 1.00 e. The van der Waals surface area contributed by atoms with E-state index in [4.69, 9.17) is 29.1 Å². The summed E-state index contributed by atoms with van der Waals surface area (Å²) in [5, 5.41) is 34.6. The van der Waals surface area contributed by atoms with Crippen LogP contribution in [0.5, 0.6) is 17.2 Å². The van der Waals surface area contributed by atoms with Gasteiger partial charge in [0.1, 0.15) is 23.2 Å². The molecular formula is C31H36N2NaO11+. The van der Waals surface area contributed by atoms with E-state index in [1.54, 1.807) is 20.8 Å². The van der Waals surface area contributed by atoms with E-state index < -0.39 is 59.3 Å². The summed E-state index contributed by atoms with van der Waals surface area (Å²) in [5.41, 5.74) is 4.54. The molecule has 1 aromatic heterocycles. The fourth-order valence-corrected chi connectivity index (χ4v) is 5.06. The van der Waals surface area contributed by atoms with Gasteiger partial charge in [-0.05, 0) is 76.9 Å². The van der Waals surface area contributed by atoms with Gasteiger partial charge in [0.15, 0.2) is 23.6 Å². The molecule has 13 nitrogen and oxygen atoms in total. The van der Waals surface area contributed by atoms with Crippen molar-refractivity contribution in [1.82, 2.24) is 0 Å². The number of ether oxygens (including phenoxy) is 4. The smallest absolute Gasteiger partial charge is 0.508 e. The third kappa shape index (κ3) is 7.63. The van der Waals surface area contributed by atoms with Crippen molar-refractivity contribution in [2.45, 2.75) is 71.2 Å². The number of nitrogens with one attached hydrogen (secondary N) is 1. The number of hydrogen-bond donors (Lipinski definition) is 5. The summed E-state index contributed by atoms with van der Waals surface area (Å²) >= 11 is 0. The molecule has 14 heteroatoms. The van der Waals surface area contributed by atoms with Crippen LogP contribution in [0.3, 0.4) is 0 Å². The summed E-state index contributed by atoms with van der Waals surface area (Å²) in [4.78, 5) is 37.5. The number of phenols is 1. The van der Waals surface area contributed by atoms with Gasteiger partial charge in [0, 0.05) is 18.2 Å². The fourth-order valence-electron chi connectivity index (χ4n) is 5.06. The number of methoxy groups -OCH3 is 1. The number of aliphatic hydroxyl groups is 1. The summed E-state index contributed by atoms with van der Waals surface area (Å²) < 4.78 is 27.9. The number of fused-ring (bicyclic) bond motifs is 1. The van der Waals surface area contributed by atoms with Crippen LogP contribution < -0.4 is 51.0 Å². The zero-order chi connectivity index (χ0) is 32.5. The van der Waals surface area contributed by atoms with Crippen LogP contribution in [0.25, 0.3) is 11.0 Å². The molecular weight excluding hydrogens is 599 g/mol. The molecule has 2 amide bonds. The first-order valence-electron chi connectivity index (χ1n) is 13.7. The number of benzene rings is 2. The summed E-state index contributed by atoms with van der Waals surface area (Å²) in [6.45, 7) is 8.69. The standard InChI is InChI=1S/C31H36N2O11.Na/c1-14(2)7-8-16-13-17(9-11-19(16)34)27(37)33-21-22(35)18-10-12-20(15(3)24(18)42-28(21)38)41-29-23(36)25(43-30(32)39)26(40-6)31(4,5)44-29;/h7,9-13,23,25-26,29,34-36H,8H2,1-6H3,(H2,32,39)(H,33,37);/q;+1/t23-,25+,26-,29-;/m1./s1. The Labute approximate surface area is 281 Å². The van der Waals surface area contributed by atoms with Crippen LogP contribution in [0.15, 0.2) is 51.2 Å². The van der Waals surface area contributed by atoms with E-state index in [1.807, 2.05) is 19.9 Å². The molecule has 1 aliphatic heterocycles. The number of aromatic hydroxyl groups is 2. The van der Waals surface area contributed by atoms with Crippen LogP contribution >= 0.6 is 0 Å². The monoisotopic (exact) mass is 635 g/mol. The molecule has 2 aromatic carbocycles. The van der Waals surface area contributed by atoms with Crippen molar-refractivity contribution < 1.29 is 77.8 Å². The zero-order valence-electron chi connectivity index (χ0n) is 26.2. The van der Waals surface area contributed by atoms with Gasteiger partial charge < -0.3 is 49.7 Å². The maximum atomic E-state index is 13.0. The second-order valence-corrected chi connectivity index (χ2v) is 11.2. The van der Waals surface area contributed by atoms with Crippen LogP contribution in [0.1, 0.15) is 49.2 Å². The minimum absolute atomic E-state index is 0. The maximum absolute atomic E-state index is 13.0. The van der Waals surface area contributed by atoms with Crippen molar-refractivity contribution >= 4 is 28.7 Å². The van der Waals surface area contributed by atoms with Crippen LogP contribution in [0.4, 0.5) is 10.5 Å². The van der Waals surface area contributed by atoms with E-state index in [-0.39, 0.29) is 63.2 Å². The average Bonchev–Trinajstić information content (AvgIpc) is 2.94. The number of hydrogen-bond acceptors (Lipinski definition) is 11. The molecule has 1 aliphatic rings. The SMILES string of the molecule is CO[C@@H]1[C@@H](OC(N)=O)[C@@H](O)[C@H](Oc2ccc3c(O)c(NC(=O)c4ccc(O)c(CC=C(C)C)c4)c(=O)oc3c2C)OC1(C)C.[Na+]. The molecule has 1 saturated heterocycles. The second-order valence-electron chi connectivity index (χ2n) is 11.2. The van der Waals surface area contributed by atoms with E-state index >= 15 is 0 Å². The number of primary amides is 1. The van der Waals surface area contributed by atoms with Crippen molar-refractivity contribution in [3.63, 3.8) is 0 Å². The van der Waals surface area contributed by atoms with Gasteiger partial charge in [-0.3, -0.25) is 4.79 Å². The summed E-state index contributed by atoms with van der Waals surface area (Å²) in [7, 11) is 1.37.